The Kier molecular flexibility index (Phi) is 3.91. The van der Waals surface area contributed by atoms with Gasteiger partial charge in [0.2, 0.25) is 0 Å². The fourth-order valence-electron chi connectivity index (χ4n) is 2.21. The number of nitrogens with one attached hydrogen (secondary N) is 1. The summed E-state index contributed by atoms with van der Waals surface area (Å²) in [6.07, 6.45) is 2.06. The molecule has 0 heterocycles. The van der Waals surface area contributed by atoms with Crippen molar-refractivity contribution in [2.24, 2.45) is 0 Å². The van der Waals surface area contributed by atoms with Crippen LogP contribution in [0, 0.1) is 5.82 Å². The van der Waals surface area contributed by atoms with Gasteiger partial charge in [0, 0.05) is 19.7 Å². The number of rotatable bonds is 5. The van der Waals surface area contributed by atoms with Gasteiger partial charge in [0.05, 0.1) is 6.61 Å². The molecular weight excluding hydrogens is 205 g/mol. The Morgan fingerprint density at radius 3 is 2.81 bits per heavy atom. The molecular formula is C13H18FNO. The highest BCUT2D eigenvalue weighted by molar-refractivity contribution is 5.24. The first-order valence-electron chi connectivity index (χ1n) is 5.78. The summed E-state index contributed by atoms with van der Waals surface area (Å²) >= 11 is 0. The third-order valence-electron chi connectivity index (χ3n) is 3.22. The van der Waals surface area contributed by atoms with E-state index in [1.165, 1.54) is 0 Å². The zero-order valence-corrected chi connectivity index (χ0v) is 9.58. The van der Waals surface area contributed by atoms with Crippen molar-refractivity contribution in [3.63, 3.8) is 0 Å². The summed E-state index contributed by atoms with van der Waals surface area (Å²) in [7, 11) is 1.70. The Bertz CT molecular complexity index is 336. The topological polar surface area (TPSA) is 21.3 Å². The summed E-state index contributed by atoms with van der Waals surface area (Å²) < 4.78 is 18.4. The van der Waals surface area contributed by atoms with Crippen LogP contribution in [0.15, 0.2) is 24.3 Å². The monoisotopic (exact) mass is 223 g/mol. The average Bonchev–Trinajstić information content (AvgIpc) is 2.23. The molecule has 1 saturated carbocycles. The summed E-state index contributed by atoms with van der Waals surface area (Å²) in [5.41, 5.74) is 0.868. The molecule has 1 aromatic rings. The second-order valence-corrected chi connectivity index (χ2v) is 4.33. The smallest absolute Gasteiger partial charge is 0.126 e. The fraction of sp³-hybridized carbons (Fsp3) is 0.538. The molecule has 3 heteroatoms. The molecule has 0 amide bonds. The van der Waals surface area contributed by atoms with Crippen LogP contribution in [-0.4, -0.2) is 26.3 Å². The molecule has 1 aliphatic rings. The van der Waals surface area contributed by atoms with Gasteiger partial charge in [-0.1, -0.05) is 18.2 Å². The number of hydrogen-bond donors (Lipinski definition) is 1. The van der Waals surface area contributed by atoms with Crippen LogP contribution < -0.4 is 5.32 Å². The maximum Gasteiger partial charge on any atom is 0.126 e. The molecule has 1 aromatic carbocycles. The molecule has 0 spiro atoms. The SMILES string of the molecule is COCCNC1CC(c2ccccc2F)C1. The highest BCUT2D eigenvalue weighted by atomic mass is 19.1. The lowest BCUT2D eigenvalue weighted by molar-refractivity contribution is 0.183. The number of halogens is 1. The highest BCUT2D eigenvalue weighted by Crippen LogP contribution is 2.37. The van der Waals surface area contributed by atoms with Crippen molar-refractivity contribution in [1.29, 1.82) is 0 Å². The van der Waals surface area contributed by atoms with Gasteiger partial charge in [-0.3, -0.25) is 0 Å². The first kappa shape index (κ1) is 11.6. The van der Waals surface area contributed by atoms with E-state index in [0.717, 1.165) is 31.6 Å². The molecule has 1 aliphatic carbocycles. The molecule has 1 fully saturated rings. The van der Waals surface area contributed by atoms with Crippen LogP contribution in [0.2, 0.25) is 0 Å². The second kappa shape index (κ2) is 5.41. The minimum atomic E-state index is -0.0668. The van der Waals surface area contributed by atoms with E-state index in [9.17, 15) is 4.39 Å². The Labute approximate surface area is 95.8 Å². The van der Waals surface area contributed by atoms with E-state index < -0.39 is 0 Å². The van der Waals surface area contributed by atoms with E-state index in [1.807, 2.05) is 12.1 Å². The zero-order chi connectivity index (χ0) is 11.4. The second-order valence-electron chi connectivity index (χ2n) is 4.33. The van der Waals surface area contributed by atoms with Crippen LogP contribution >= 0.6 is 0 Å². The minimum absolute atomic E-state index is 0.0668. The van der Waals surface area contributed by atoms with Gasteiger partial charge in [-0.05, 0) is 30.4 Å². The average molecular weight is 223 g/mol. The number of ether oxygens (including phenoxy) is 1. The first-order chi connectivity index (χ1) is 7.81. The molecule has 1 N–H and O–H groups in total. The third kappa shape index (κ3) is 2.60. The van der Waals surface area contributed by atoms with Crippen molar-refractivity contribution in [2.45, 2.75) is 24.8 Å². The molecule has 88 valence electrons. The van der Waals surface area contributed by atoms with Crippen LogP contribution in [-0.2, 0) is 4.74 Å². The fourth-order valence-corrected chi connectivity index (χ4v) is 2.21. The number of benzene rings is 1. The van der Waals surface area contributed by atoms with E-state index in [4.69, 9.17) is 4.74 Å². The Balaban J connectivity index is 1.78. The van der Waals surface area contributed by atoms with Crippen molar-refractivity contribution in [1.82, 2.24) is 5.32 Å². The van der Waals surface area contributed by atoms with Gasteiger partial charge in [0.25, 0.3) is 0 Å². The first-order valence-corrected chi connectivity index (χ1v) is 5.78. The summed E-state index contributed by atoms with van der Waals surface area (Å²) in [6, 6.07) is 7.61. The summed E-state index contributed by atoms with van der Waals surface area (Å²) in [4.78, 5) is 0. The van der Waals surface area contributed by atoms with E-state index >= 15 is 0 Å². The van der Waals surface area contributed by atoms with E-state index in [2.05, 4.69) is 5.32 Å². The van der Waals surface area contributed by atoms with Crippen LogP contribution in [0.1, 0.15) is 24.3 Å². The predicted molar refractivity (Wildman–Crippen MR) is 62.0 cm³/mol. The van der Waals surface area contributed by atoms with Crippen LogP contribution in [0.25, 0.3) is 0 Å². The van der Waals surface area contributed by atoms with Crippen molar-refractivity contribution < 1.29 is 9.13 Å². The van der Waals surface area contributed by atoms with Crippen LogP contribution in [0.3, 0.4) is 0 Å². The molecule has 2 nitrogen and oxygen atoms in total. The Hall–Kier alpha value is -0.930. The van der Waals surface area contributed by atoms with Crippen molar-refractivity contribution in [2.75, 3.05) is 20.3 Å². The van der Waals surface area contributed by atoms with E-state index in [-0.39, 0.29) is 5.82 Å². The molecule has 16 heavy (non-hydrogen) atoms. The molecule has 0 unspecified atom stereocenters. The molecule has 0 saturated heterocycles. The van der Waals surface area contributed by atoms with Gasteiger partial charge >= 0.3 is 0 Å². The summed E-state index contributed by atoms with van der Waals surface area (Å²) in [5, 5.41) is 3.39. The quantitative estimate of drug-likeness (QED) is 0.773. The molecule has 2 rings (SSSR count). The standard InChI is InChI=1S/C13H18FNO/c1-16-7-6-15-11-8-10(9-11)12-4-2-3-5-13(12)14/h2-5,10-11,15H,6-9H2,1H3. The molecule has 0 atom stereocenters. The maximum absolute atomic E-state index is 13.5. The van der Waals surface area contributed by atoms with Crippen LogP contribution in [0.5, 0.6) is 0 Å². The van der Waals surface area contributed by atoms with Gasteiger partial charge in [0.15, 0.2) is 0 Å². The van der Waals surface area contributed by atoms with Gasteiger partial charge in [-0.2, -0.15) is 0 Å². The maximum atomic E-state index is 13.5. The third-order valence-corrected chi connectivity index (χ3v) is 3.22. The lowest BCUT2D eigenvalue weighted by Gasteiger charge is -2.36. The molecule has 0 aromatic heterocycles. The Morgan fingerprint density at radius 2 is 2.12 bits per heavy atom. The van der Waals surface area contributed by atoms with Crippen molar-refractivity contribution in [3.8, 4) is 0 Å². The lowest BCUT2D eigenvalue weighted by atomic mass is 9.75. The summed E-state index contributed by atoms with van der Waals surface area (Å²) in [5.74, 6) is 0.323. The Morgan fingerprint density at radius 1 is 1.38 bits per heavy atom. The van der Waals surface area contributed by atoms with E-state index in [1.54, 1.807) is 19.2 Å². The molecule has 0 radical (unpaired) electrons. The zero-order valence-electron chi connectivity index (χ0n) is 9.58. The van der Waals surface area contributed by atoms with Gasteiger partial charge < -0.3 is 10.1 Å². The number of hydrogen-bond acceptors (Lipinski definition) is 2. The molecule has 0 bridgehead atoms. The summed E-state index contributed by atoms with van der Waals surface area (Å²) in [6.45, 7) is 1.62. The predicted octanol–water partition coefficient (Wildman–Crippen LogP) is 2.31. The largest absolute Gasteiger partial charge is 0.383 e. The van der Waals surface area contributed by atoms with Crippen molar-refractivity contribution in [3.05, 3.63) is 35.6 Å². The van der Waals surface area contributed by atoms with Crippen LogP contribution in [0.4, 0.5) is 4.39 Å². The lowest BCUT2D eigenvalue weighted by Crippen LogP contribution is -2.41. The number of methoxy groups -OCH3 is 1. The molecule has 0 aliphatic heterocycles. The van der Waals surface area contributed by atoms with E-state index in [0.29, 0.717) is 12.0 Å². The minimum Gasteiger partial charge on any atom is -0.383 e. The van der Waals surface area contributed by atoms with Gasteiger partial charge in [-0.25, -0.2) is 4.39 Å². The van der Waals surface area contributed by atoms with Gasteiger partial charge in [0.1, 0.15) is 5.82 Å². The van der Waals surface area contributed by atoms with Gasteiger partial charge in [-0.15, -0.1) is 0 Å². The normalized spacial score (nSPS) is 24.1. The van der Waals surface area contributed by atoms with Crippen molar-refractivity contribution >= 4 is 0 Å². The highest BCUT2D eigenvalue weighted by Gasteiger charge is 2.31.